The summed E-state index contributed by atoms with van der Waals surface area (Å²) in [6.45, 7) is 2.71. The molecule has 0 aromatic heterocycles. The smallest absolute Gasteiger partial charge is 0.329 e. The summed E-state index contributed by atoms with van der Waals surface area (Å²) < 4.78 is 5.14. The van der Waals surface area contributed by atoms with Crippen LogP contribution in [0.2, 0.25) is 0 Å². The Kier molecular flexibility index (Phi) is 5.95. The maximum atomic E-state index is 12.6. The Morgan fingerprint density at radius 1 is 1.17 bits per heavy atom. The molecular formula is C20H21N3O7. The summed E-state index contributed by atoms with van der Waals surface area (Å²) in [5.41, 5.74) is -0.0280. The maximum absolute atomic E-state index is 12.6. The van der Waals surface area contributed by atoms with Gasteiger partial charge in [-0.25, -0.2) is 4.79 Å². The molecule has 2 aliphatic rings. The fourth-order valence-electron chi connectivity index (χ4n) is 3.58. The van der Waals surface area contributed by atoms with E-state index in [2.05, 4.69) is 5.32 Å². The van der Waals surface area contributed by atoms with Gasteiger partial charge in [-0.1, -0.05) is 18.2 Å². The molecule has 10 nitrogen and oxygen atoms in total. The highest BCUT2D eigenvalue weighted by Gasteiger charge is 2.50. The molecule has 30 heavy (non-hydrogen) atoms. The second-order valence-electron chi connectivity index (χ2n) is 7.25. The van der Waals surface area contributed by atoms with Gasteiger partial charge in [-0.2, -0.15) is 0 Å². The number of nitrogens with zero attached hydrogens (tertiary/aromatic N) is 2. The molecule has 1 saturated heterocycles. The molecule has 0 radical (unpaired) electrons. The molecular weight excluding hydrogens is 394 g/mol. The standard InChI is InChI=1S/C20H21N3O7/c1-11(22-18(25)15-8-3-4-9-16(15)19(22)26)20(27)30-12(2)17(24)21-13-6-5-7-14(10-13)23(28)29/h3-7,10-12,15-16H,8-9H2,1-2H3,(H,21,24)/t11-,12+,15-,16+/m1/s1. The number of carbonyl (C=O) groups excluding carboxylic acids is 4. The van der Waals surface area contributed by atoms with Crippen molar-refractivity contribution in [3.05, 3.63) is 46.5 Å². The normalized spacial score (nSPS) is 22.3. The minimum Gasteiger partial charge on any atom is -0.451 e. The van der Waals surface area contributed by atoms with Crippen molar-refractivity contribution in [3.8, 4) is 0 Å². The molecule has 0 saturated carbocycles. The Morgan fingerprint density at radius 2 is 1.77 bits per heavy atom. The van der Waals surface area contributed by atoms with E-state index in [0.717, 1.165) is 4.90 Å². The van der Waals surface area contributed by atoms with E-state index in [4.69, 9.17) is 4.74 Å². The molecule has 0 spiro atoms. The summed E-state index contributed by atoms with van der Waals surface area (Å²) in [5.74, 6) is -3.34. The van der Waals surface area contributed by atoms with E-state index in [1.54, 1.807) is 0 Å². The third-order valence-corrected chi connectivity index (χ3v) is 5.26. The van der Waals surface area contributed by atoms with Gasteiger partial charge in [0, 0.05) is 17.8 Å². The van der Waals surface area contributed by atoms with Gasteiger partial charge >= 0.3 is 5.97 Å². The topological polar surface area (TPSA) is 136 Å². The summed E-state index contributed by atoms with van der Waals surface area (Å²) in [6.07, 6.45) is 3.36. The van der Waals surface area contributed by atoms with Crippen molar-refractivity contribution >= 4 is 35.1 Å². The van der Waals surface area contributed by atoms with Gasteiger partial charge in [0.15, 0.2) is 6.10 Å². The molecule has 0 bridgehead atoms. The number of imide groups is 1. The van der Waals surface area contributed by atoms with Crippen LogP contribution in [-0.4, -0.2) is 45.7 Å². The SMILES string of the molecule is C[C@H](OC(=O)[C@@H](C)N1C(=O)[C@H]2CC=CC[C@H]2C1=O)C(=O)Nc1cccc([N+](=O)[O-])c1. The number of carbonyl (C=O) groups is 4. The third kappa shape index (κ3) is 4.07. The van der Waals surface area contributed by atoms with Crippen molar-refractivity contribution in [2.75, 3.05) is 5.32 Å². The van der Waals surface area contributed by atoms with Gasteiger partial charge in [-0.3, -0.25) is 29.4 Å². The van der Waals surface area contributed by atoms with Crippen molar-refractivity contribution in [2.24, 2.45) is 11.8 Å². The summed E-state index contributed by atoms with van der Waals surface area (Å²) in [6, 6.07) is 4.15. The lowest BCUT2D eigenvalue weighted by Crippen LogP contribution is -2.46. The van der Waals surface area contributed by atoms with E-state index in [-0.39, 0.29) is 11.4 Å². The van der Waals surface area contributed by atoms with Crippen LogP contribution in [0.4, 0.5) is 11.4 Å². The first kappa shape index (κ1) is 21.2. The first-order valence-electron chi connectivity index (χ1n) is 9.48. The quantitative estimate of drug-likeness (QED) is 0.246. The van der Waals surface area contributed by atoms with Gasteiger partial charge in [-0.15, -0.1) is 0 Å². The van der Waals surface area contributed by atoms with Crippen molar-refractivity contribution in [2.45, 2.75) is 38.8 Å². The molecule has 158 valence electrons. The fourth-order valence-corrected chi connectivity index (χ4v) is 3.58. The fraction of sp³-hybridized carbons (Fsp3) is 0.400. The number of ether oxygens (including phenoxy) is 1. The number of non-ortho nitro benzene ring substituents is 1. The Labute approximate surface area is 172 Å². The average molecular weight is 415 g/mol. The zero-order valence-corrected chi connectivity index (χ0v) is 16.4. The number of allylic oxidation sites excluding steroid dienone is 2. The highest BCUT2D eigenvalue weighted by Crippen LogP contribution is 2.36. The van der Waals surface area contributed by atoms with Crippen LogP contribution in [0.25, 0.3) is 0 Å². The molecule has 10 heteroatoms. The van der Waals surface area contributed by atoms with E-state index in [1.807, 2.05) is 12.2 Å². The monoisotopic (exact) mass is 415 g/mol. The second-order valence-corrected chi connectivity index (χ2v) is 7.25. The number of hydrogen-bond acceptors (Lipinski definition) is 7. The minimum absolute atomic E-state index is 0.173. The first-order chi connectivity index (χ1) is 14.2. The Bertz CT molecular complexity index is 916. The predicted octanol–water partition coefficient (Wildman–Crippen LogP) is 1.80. The van der Waals surface area contributed by atoms with Crippen LogP contribution in [0.5, 0.6) is 0 Å². The average Bonchev–Trinajstić information content (AvgIpc) is 2.98. The van der Waals surface area contributed by atoms with Crippen molar-refractivity contribution in [1.82, 2.24) is 4.90 Å². The zero-order chi connectivity index (χ0) is 22.0. The first-order valence-corrected chi connectivity index (χ1v) is 9.48. The predicted molar refractivity (Wildman–Crippen MR) is 104 cm³/mol. The summed E-state index contributed by atoms with van der Waals surface area (Å²) in [7, 11) is 0. The molecule has 0 unspecified atom stereocenters. The van der Waals surface area contributed by atoms with E-state index < -0.39 is 52.6 Å². The minimum atomic E-state index is -1.24. The number of anilines is 1. The van der Waals surface area contributed by atoms with Gasteiger partial charge in [0.25, 0.3) is 11.6 Å². The van der Waals surface area contributed by atoms with Crippen molar-refractivity contribution in [3.63, 3.8) is 0 Å². The molecule has 1 aromatic carbocycles. The summed E-state index contributed by atoms with van der Waals surface area (Å²) >= 11 is 0. The molecule has 1 aliphatic carbocycles. The lowest BCUT2D eigenvalue weighted by atomic mass is 9.85. The van der Waals surface area contributed by atoms with Crippen molar-refractivity contribution in [1.29, 1.82) is 0 Å². The largest absolute Gasteiger partial charge is 0.451 e. The molecule has 4 atom stereocenters. The Morgan fingerprint density at radius 3 is 2.33 bits per heavy atom. The molecule has 1 fully saturated rings. The van der Waals surface area contributed by atoms with Crippen LogP contribution in [-0.2, 0) is 23.9 Å². The lowest BCUT2D eigenvalue weighted by molar-refractivity contribution is -0.384. The van der Waals surface area contributed by atoms with E-state index in [0.29, 0.717) is 12.8 Å². The van der Waals surface area contributed by atoms with E-state index >= 15 is 0 Å². The number of benzene rings is 1. The van der Waals surface area contributed by atoms with Gasteiger partial charge in [0.05, 0.1) is 16.8 Å². The number of hydrogen-bond donors (Lipinski definition) is 1. The maximum Gasteiger partial charge on any atom is 0.329 e. The van der Waals surface area contributed by atoms with Crippen LogP contribution < -0.4 is 5.32 Å². The molecule has 1 heterocycles. The highest BCUT2D eigenvalue weighted by molar-refractivity contribution is 6.08. The number of nitro benzene ring substituents is 1. The number of esters is 1. The highest BCUT2D eigenvalue weighted by atomic mass is 16.6. The van der Waals surface area contributed by atoms with E-state index in [1.165, 1.54) is 38.1 Å². The molecule has 1 N–H and O–H groups in total. The second kappa shape index (κ2) is 8.44. The zero-order valence-electron chi connectivity index (χ0n) is 16.4. The molecule has 3 rings (SSSR count). The van der Waals surface area contributed by atoms with Gasteiger partial charge in [-0.05, 0) is 32.8 Å². The van der Waals surface area contributed by atoms with Crippen LogP contribution in [0, 0.1) is 22.0 Å². The Hall–Kier alpha value is -3.56. The number of fused-ring (bicyclic) bond motifs is 1. The third-order valence-electron chi connectivity index (χ3n) is 5.26. The number of rotatable bonds is 6. The summed E-state index contributed by atoms with van der Waals surface area (Å²) in [5, 5.41) is 13.3. The van der Waals surface area contributed by atoms with Crippen LogP contribution in [0.1, 0.15) is 26.7 Å². The van der Waals surface area contributed by atoms with Gasteiger partial charge in [0.1, 0.15) is 6.04 Å². The van der Waals surface area contributed by atoms with Crippen LogP contribution in [0.15, 0.2) is 36.4 Å². The number of likely N-dealkylation sites (tertiary alicyclic amines) is 1. The number of nitro groups is 1. The van der Waals surface area contributed by atoms with Gasteiger partial charge < -0.3 is 10.1 Å². The number of amides is 3. The molecule has 3 amide bonds. The van der Waals surface area contributed by atoms with E-state index in [9.17, 15) is 29.3 Å². The Balaban J connectivity index is 1.61. The molecule has 1 aliphatic heterocycles. The number of nitrogens with one attached hydrogen (secondary N) is 1. The van der Waals surface area contributed by atoms with Crippen LogP contribution >= 0.6 is 0 Å². The van der Waals surface area contributed by atoms with Crippen LogP contribution in [0.3, 0.4) is 0 Å². The molecule has 1 aromatic rings. The lowest BCUT2D eigenvalue weighted by Gasteiger charge is -2.23. The van der Waals surface area contributed by atoms with Gasteiger partial charge in [0.2, 0.25) is 11.8 Å². The van der Waals surface area contributed by atoms with Crippen molar-refractivity contribution < 1.29 is 28.8 Å². The summed E-state index contributed by atoms with van der Waals surface area (Å²) in [4.78, 5) is 61.1.